The van der Waals surface area contributed by atoms with E-state index >= 15 is 0 Å². The second-order valence-electron chi connectivity index (χ2n) is 4.42. The fourth-order valence-corrected chi connectivity index (χ4v) is 1.63. The first-order chi connectivity index (χ1) is 9.38. The first kappa shape index (κ1) is 16.8. The monoisotopic (exact) mass is 291 g/mol. The molecule has 6 heteroatoms. The molecular formula is C14H20F3NO2. The second kappa shape index (κ2) is 7.50. The Kier molecular flexibility index (Phi) is 6.29. The van der Waals surface area contributed by atoms with E-state index in [0.717, 1.165) is 19.0 Å². The van der Waals surface area contributed by atoms with E-state index in [2.05, 4.69) is 5.32 Å². The van der Waals surface area contributed by atoms with Crippen LogP contribution in [0.1, 0.15) is 25.0 Å². The van der Waals surface area contributed by atoms with Crippen LogP contribution in [0.3, 0.4) is 0 Å². The third-order valence-electron chi connectivity index (χ3n) is 2.87. The van der Waals surface area contributed by atoms with Crippen LogP contribution < -0.4 is 10.1 Å². The van der Waals surface area contributed by atoms with Gasteiger partial charge in [-0.2, -0.15) is 13.2 Å². The normalized spacial score (nSPS) is 13.3. The zero-order valence-corrected chi connectivity index (χ0v) is 11.9. The molecule has 0 aliphatic carbocycles. The zero-order chi connectivity index (χ0) is 15.2. The molecule has 0 heterocycles. The summed E-state index contributed by atoms with van der Waals surface area (Å²) in [5.74, 6) is 0.527. The molecule has 1 N–H and O–H groups in total. The van der Waals surface area contributed by atoms with E-state index in [1.807, 2.05) is 13.0 Å². The van der Waals surface area contributed by atoms with Gasteiger partial charge in [-0.3, -0.25) is 0 Å². The van der Waals surface area contributed by atoms with Gasteiger partial charge >= 0.3 is 6.18 Å². The molecule has 3 nitrogen and oxygen atoms in total. The van der Waals surface area contributed by atoms with Gasteiger partial charge in [0, 0.05) is 12.1 Å². The lowest BCUT2D eigenvalue weighted by Crippen LogP contribution is -2.28. The minimum absolute atomic E-state index is 0.135. The summed E-state index contributed by atoms with van der Waals surface area (Å²) in [6.45, 7) is 4.32. The van der Waals surface area contributed by atoms with Crippen LogP contribution in [0.5, 0.6) is 5.75 Å². The number of hydrogen-bond donors (Lipinski definition) is 1. The van der Waals surface area contributed by atoms with Crippen LogP contribution in [0.2, 0.25) is 0 Å². The molecule has 1 aromatic carbocycles. The van der Waals surface area contributed by atoms with Gasteiger partial charge in [0.25, 0.3) is 0 Å². The first-order valence-corrected chi connectivity index (χ1v) is 6.43. The number of alkyl halides is 3. The van der Waals surface area contributed by atoms with Crippen LogP contribution in [0.15, 0.2) is 18.2 Å². The Morgan fingerprint density at radius 3 is 2.55 bits per heavy atom. The summed E-state index contributed by atoms with van der Waals surface area (Å²) < 4.78 is 47.3. The van der Waals surface area contributed by atoms with E-state index in [9.17, 15) is 13.2 Å². The Bertz CT molecular complexity index is 421. The van der Waals surface area contributed by atoms with Crippen molar-refractivity contribution < 1.29 is 22.6 Å². The lowest BCUT2D eigenvalue weighted by molar-refractivity contribution is -0.217. The Morgan fingerprint density at radius 1 is 1.30 bits per heavy atom. The predicted octanol–water partition coefficient (Wildman–Crippen LogP) is 3.27. The third kappa shape index (κ3) is 5.02. The maximum atomic E-state index is 12.4. The average molecular weight is 291 g/mol. The van der Waals surface area contributed by atoms with Gasteiger partial charge in [0.2, 0.25) is 0 Å². The van der Waals surface area contributed by atoms with Crippen LogP contribution in [0, 0.1) is 0 Å². The maximum absolute atomic E-state index is 12.4. The van der Waals surface area contributed by atoms with Crippen molar-refractivity contribution in [3.05, 3.63) is 29.3 Å². The Morgan fingerprint density at radius 2 is 2.00 bits per heavy atom. The summed E-state index contributed by atoms with van der Waals surface area (Å²) in [6, 6.07) is 5.41. The van der Waals surface area contributed by atoms with E-state index < -0.39 is 12.3 Å². The summed E-state index contributed by atoms with van der Waals surface area (Å²) >= 11 is 0. The highest BCUT2D eigenvalue weighted by molar-refractivity contribution is 5.36. The molecule has 0 bridgehead atoms. The smallest absolute Gasteiger partial charge is 0.414 e. The predicted molar refractivity (Wildman–Crippen MR) is 70.7 cm³/mol. The third-order valence-corrected chi connectivity index (χ3v) is 2.87. The Hall–Kier alpha value is -1.27. The highest BCUT2D eigenvalue weighted by atomic mass is 19.4. The van der Waals surface area contributed by atoms with Gasteiger partial charge in [0.15, 0.2) is 6.10 Å². The number of hydrogen-bond acceptors (Lipinski definition) is 3. The van der Waals surface area contributed by atoms with E-state index in [1.54, 1.807) is 12.1 Å². The second-order valence-corrected chi connectivity index (χ2v) is 4.42. The van der Waals surface area contributed by atoms with Crippen LogP contribution in [-0.2, 0) is 17.9 Å². The van der Waals surface area contributed by atoms with Crippen LogP contribution in [0.25, 0.3) is 0 Å². The van der Waals surface area contributed by atoms with Gasteiger partial charge in [-0.25, -0.2) is 0 Å². The number of ether oxygens (including phenoxy) is 2. The molecule has 1 unspecified atom stereocenters. The summed E-state index contributed by atoms with van der Waals surface area (Å²) in [5, 5.41) is 3.16. The van der Waals surface area contributed by atoms with Crippen molar-refractivity contribution in [2.45, 2.75) is 39.3 Å². The van der Waals surface area contributed by atoms with Crippen LogP contribution >= 0.6 is 0 Å². The lowest BCUT2D eigenvalue weighted by Gasteiger charge is -2.18. The van der Waals surface area contributed by atoms with Gasteiger partial charge in [0.05, 0.1) is 13.7 Å². The number of nitrogens with one attached hydrogen (secondary N) is 1. The molecule has 1 atom stereocenters. The van der Waals surface area contributed by atoms with Crippen molar-refractivity contribution in [1.29, 1.82) is 0 Å². The minimum Gasteiger partial charge on any atom is -0.496 e. The Labute approximate surface area is 117 Å². The average Bonchev–Trinajstić information content (AvgIpc) is 2.41. The van der Waals surface area contributed by atoms with E-state index in [1.165, 1.54) is 7.11 Å². The molecule has 20 heavy (non-hydrogen) atoms. The summed E-state index contributed by atoms with van der Waals surface area (Å²) in [4.78, 5) is 0. The molecule has 0 aromatic heterocycles. The summed E-state index contributed by atoms with van der Waals surface area (Å²) in [5.41, 5.74) is 1.59. The van der Waals surface area contributed by atoms with Crippen LogP contribution in [-0.4, -0.2) is 25.9 Å². The van der Waals surface area contributed by atoms with Gasteiger partial charge in [-0.05, 0) is 31.2 Å². The van der Waals surface area contributed by atoms with Gasteiger partial charge in [-0.15, -0.1) is 0 Å². The fraction of sp³-hybridized carbons (Fsp3) is 0.571. The molecule has 0 saturated heterocycles. The van der Waals surface area contributed by atoms with Crippen molar-refractivity contribution >= 4 is 0 Å². The van der Waals surface area contributed by atoms with Crippen molar-refractivity contribution in [2.75, 3.05) is 13.7 Å². The number of rotatable bonds is 7. The largest absolute Gasteiger partial charge is 0.496 e. The summed E-state index contributed by atoms with van der Waals surface area (Å²) in [7, 11) is 1.48. The Balaban J connectivity index is 2.75. The summed E-state index contributed by atoms with van der Waals surface area (Å²) in [6.07, 6.45) is -6.15. The van der Waals surface area contributed by atoms with Crippen molar-refractivity contribution in [3.8, 4) is 5.75 Å². The molecule has 0 fully saturated rings. The SMILES string of the molecule is CCNCc1ccc(OC)c(COC(C)C(F)(F)F)c1. The maximum Gasteiger partial charge on any atom is 0.414 e. The molecule has 0 radical (unpaired) electrons. The number of methoxy groups -OCH3 is 1. The zero-order valence-electron chi connectivity index (χ0n) is 11.9. The van der Waals surface area contributed by atoms with Crippen LogP contribution in [0.4, 0.5) is 13.2 Å². The molecule has 114 valence electrons. The lowest BCUT2D eigenvalue weighted by atomic mass is 10.1. The van der Waals surface area contributed by atoms with E-state index in [4.69, 9.17) is 9.47 Å². The topological polar surface area (TPSA) is 30.5 Å². The van der Waals surface area contributed by atoms with Crippen molar-refractivity contribution in [2.24, 2.45) is 0 Å². The van der Waals surface area contributed by atoms with E-state index in [0.29, 0.717) is 17.9 Å². The van der Waals surface area contributed by atoms with Crippen molar-refractivity contribution in [3.63, 3.8) is 0 Å². The first-order valence-electron chi connectivity index (χ1n) is 6.43. The standard InChI is InChI=1S/C14H20F3NO2/c1-4-18-8-11-5-6-13(19-3)12(7-11)9-20-10(2)14(15,16)17/h5-7,10,18H,4,8-9H2,1-3H3. The number of benzene rings is 1. The van der Waals surface area contributed by atoms with Crippen molar-refractivity contribution in [1.82, 2.24) is 5.32 Å². The number of halogens is 3. The molecule has 0 aliphatic rings. The minimum atomic E-state index is -4.35. The van der Waals surface area contributed by atoms with E-state index in [-0.39, 0.29) is 6.61 Å². The van der Waals surface area contributed by atoms with Gasteiger partial charge < -0.3 is 14.8 Å². The molecule has 0 saturated carbocycles. The molecule has 1 aromatic rings. The molecule has 1 rings (SSSR count). The fourth-order valence-electron chi connectivity index (χ4n) is 1.63. The molecule has 0 aliphatic heterocycles. The van der Waals surface area contributed by atoms with Gasteiger partial charge in [0.1, 0.15) is 5.75 Å². The quantitative estimate of drug-likeness (QED) is 0.836. The highest BCUT2D eigenvalue weighted by Gasteiger charge is 2.36. The molecular weight excluding hydrogens is 271 g/mol. The molecule has 0 amide bonds. The van der Waals surface area contributed by atoms with Gasteiger partial charge in [-0.1, -0.05) is 13.0 Å². The highest BCUT2D eigenvalue weighted by Crippen LogP contribution is 2.26. The molecule has 0 spiro atoms.